The van der Waals surface area contributed by atoms with Gasteiger partial charge in [0, 0.05) is 39.1 Å². The van der Waals surface area contributed by atoms with Gasteiger partial charge < -0.3 is 19.7 Å². The van der Waals surface area contributed by atoms with Crippen molar-refractivity contribution in [3.05, 3.63) is 95.6 Å². The predicted octanol–water partition coefficient (Wildman–Crippen LogP) is 3.47. The van der Waals surface area contributed by atoms with E-state index >= 15 is 0 Å². The van der Waals surface area contributed by atoms with Crippen molar-refractivity contribution in [3.8, 4) is 5.75 Å². The SMILES string of the molecule is COCCNC(=O)[C@@H](Cc1ccccc1)N(Cc1ccc(OC)cc1)C(=O)CCc1ccc(S(=O)(=O)NC2CC2)cc1. The third-order valence-electron chi connectivity index (χ3n) is 7.15. The van der Waals surface area contributed by atoms with E-state index in [4.69, 9.17) is 9.47 Å². The second-order valence-electron chi connectivity index (χ2n) is 10.4. The second-order valence-corrected chi connectivity index (χ2v) is 12.1. The molecule has 2 N–H and O–H groups in total. The molecule has 224 valence electrons. The fourth-order valence-electron chi connectivity index (χ4n) is 4.59. The van der Waals surface area contributed by atoms with E-state index in [2.05, 4.69) is 10.0 Å². The van der Waals surface area contributed by atoms with Crippen LogP contribution in [0.25, 0.3) is 0 Å². The van der Waals surface area contributed by atoms with Gasteiger partial charge in [0.05, 0.1) is 18.6 Å². The maximum Gasteiger partial charge on any atom is 0.243 e. The van der Waals surface area contributed by atoms with Gasteiger partial charge >= 0.3 is 0 Å². The molecule has 3 aromatic carbocycles. The zero-order chi connectivity index (χ0) is 30.0. The largest absolute Gasteiger partial charge is 0.497 e. The number of hydrogen-bond acceptors (Lipinski definition) is 6. The van der Waals surface area contributed by atoms with Crippen LogP contribution in [0.3, 0.4) is 0 Å². The first-order valence-corrected chi connectivity index (χ1v) is 15.6. The van der Waals surface area contributed by atoms with E-state index in [0.717, 1.165) is 29.5 Å². The summed E-state index contributed by atoms with van der Waals surface area (Å²) in [6, 6.07) is 22.9. The molecule has 2 amide bonds. The van der Waals surface area contributed by atoms with Crippen LogP contribution >= 0.6 is 0 Å². The number of methoxy groups -OCH3 is 2. The van der Waals surface area contributed by atoms with Gasteiger partial charge in [0.2, 0.25) is 21.8 Å². The number of aryl methyl sites for hydroxylation is 1. The molecule has 42 heavy (non-hydrogen) atoms. The van der Waals surface area contributed by atoms with E-state index in [9.17, 15) is 18.0 Å². The molecular weight excluding hydrogens is 554 g/mol. The number of nitrogens with one attached hydrogen (secondary N) is 2. The number of carbonyl (C=O) groups is 2. The quantitative estimate of drug-likeness (QED) is 0.246. The fourth-order valence-corrected chi connectivity index (χ4v) is 5.90. The number of carbonyl (C=O) groups excluding carboxylic acids is 2. The van der Waals surface area contributed by atoms with Gasteiger partial charge in [-0.25, -0.2) is 13.1 Å². The topological polar surface area (TPSA) is 114 Å². The van der Waals surface area contributed by atoms with Crippen LogP contribution in [0.2, 0.25) is 0 Å². The minimum Gasteiger partial charge on any atom is -0.497 e. The number of rotatable bonds is 16. The van der Waals surface area contributed by atoms with Crippen LogP contribution < -0.4 is 14.8 Å². The predicted molar refractivity (Wildman–Crippen MR) is 160 cm³/mol. The molecule has 1 aliphatic carbocycles. The molecule has 0 bridgehead atoms. The molecule has 0 unspecified atom stereocenters. The highest BCUT2D eigenvalue weighted by Crippen LogP contribution is 2.23. The van der Waals surface area contributed by atoms with E-state index in [1.165, 1.54) is 0 Å². The van der Waals surface area contributed by atoms with Gasteiger partial charge in [-0.2, -0.15) is 0 Å². The Morgan fingerprint density at radius 1 is 0.905 bits per heavy atom. The molecule has 0 heterocycles. The average molecular weight is 594 g/mol. The lowest BCUT2D eigenvalue weighted by molar-refractivity contribution is -0.141. The number of hydrogen-bond donors (Lipinski definition) is 2. The average Bonchev–Trinajstić information content (AvgIpc) is 3.82. The highest BCUT2D eigenvalue weighted by Gasteiger charge is 2.30. The zero-order valence-corrected chi connectivity index (χ0v) is 24.9. The third kappa shape index (κ3) is 9.14. The molecule has 1 saturated carbocycles. The zero-order valence-electron chi connectivity index (χ0n) is 24.1. The maximum absolute atomic E-state index is 13.9. The molecule has 4 rings (SSSR count). The molecule has 1 fully saturated rings. The summed E-state index contributed by atoms with van der Waals surface area (Å²) in [6.07, 6.45) is 2.63. The molecule has 0 aliphatic heterocycles. The Balaban J connectivity index is 1.54. The van der Waals surface area contributed by atoms with Crippen LogP contribution in [0.5, 0.6) is 5.75 Å². The maximum atomic E-state index is 13.9. The molecule has 1 atom stereocenters. The van der Waals surface area contributed by atoms with Crippen molar-refractivity contribution in [2.75, 3.05) is 27.4 Å². The van der Waals surface area contributed by atoms with Gasteiger partial charge in [-0.3, -0.25) is 9.59 Å². The Labute approximate surface area is 248 Å². The number of sulfonamides is 1. The van der Waals surface area contributed by atoms with Crippen LogP contribution in [0, 0.1) is 0 Å². The molecule has 0 saturated heterocycles. The number of nitrogens with zero attached hydrogens (tertiary/aromatic N) is 1. The Hall–Kier alpha value is -3.73. The minimum atomic E-state index is -3.55. The van der Waals surface area contributed by atoms with E-state index < -0.39 is 16.1 Å². The van der Waals surface area contributed by atoms with Gasteiger partial charge in [0.1, 0.15) is 11.8 Å². The van der Waals surface area contributed by atoms with E-state index in [-0.39, 0.29) is 35.7 Å². The Bertz CT molecular complexity index is 1410. The Morgan fingerprint density at radius 3 is 2.19 bits per heavy atom. The molecule has 1 aliphatic rings. The first-order valence-electron chi connectivity index (χ1n) is 14.1. The normalized spacial score (nSPS) is 13.8. The highest BCUT2D eigenvalue weighted by atomic mass is 32.2. The van der Waals surface area contributed by atoms with Crippen molar-refractivity contribution >= 4 is 21.8 Å². The Kier molecular flexibility index (Phi) is 11.1. The van der Waals surface area contributed by atoms with Gasteiger partial charge in [-0.1, -0.05) is 54.6 Å². The van der Waals surface area contributed by atoms with Gasteiger partial charge in [0.15, 0.2) is 0 Å². The number of ether oxygens (including phenoxy) is 2. The molecule has 3 aromatic rings. The minimum absolute atomic E-state index is 0.0273. The van der Waals surface area contributed by atoms with E-state index in [0.29, 0.717) is 31.7 Å². The Morgan fingerprint density at radius 2 is 1.57 bits per heavy atom. The fraction of sp³-hybridized carbons (Fsp3) is 0.375. The molecule has 10 heteroatoms. The van der Waals surface area contributed by atoms with Gasteiger partial charge in [-0.15, -0.1) is 0 Å². The summed E-state index contributed by atoms with van der Waals surface area (Å²) in [5, 5.41) is 2.91. The highest BCUT2D eigenvalue weighted by molar-refractivity contribution is 7.89. The summed E-state index contributed by atoms with van der Waals surface area (Å²) in [5.74, 6) is 0.267. The lowest BCUT2D eigenvalue weighted by Gasteiger charge is -2.31. The van der Waals surface area contributed by atoms with E-state index in [1.807, 2.05) is 54.6 Å². The third-order valence-corrected chi connectivity index (χ3v) is 8.69. The van der Waals surface area contributed by atoms with Crippen molar-refractivity contribution in [2.45, 2.75) is 55.6 Å². The van der Waals surface area contributed by atoms with Crippen LogP contribution in [0.1, 0.15) is 36.0 Å². The van der Waals surface area contributed by atoms with Crippen LogP contribution in [0.15, 0.2) is 83.8 Å². The molecule has 0 spiro atoms. The summed E-state index contributed by atoms with van der Waals surface area (Å²) in [5.41, 5.74) is 2.64. The summed E-state index contributed by atoms with van der Waals surface area (Å²) in [6.45, 7) is 0.927. The lowest BCUT2D eigenvalue weighted by atomic mass is 10.0. The smallest absolute Gasteiger partial charge is 0.243 e. The van der Waals surface area contributed by atoms with Crippen LogP contribution in [-0.2, 0) is 43.7 Å². The number of benzene rings is 3. The van der Waals surface area contributed by atoms with Crippen molar-refractivity contribution < 1.29 is 27.5 Å². The summed E-state index contributed by atoms with van der Waals surface area (Å²) >= 11 is 0. The standard InChI is InChI=1S/C32H39N3O6S/c1-40-21-20-33-32(37)30(22-25-6-4-3-5-7-25)35(23-26-8-15-28(41-2)16-9-26)31(36)19-12-24-10-17-29(18-11-24)42(38,39)34-27-13-14-27/h3-11,15-18,27,30,34H,12-14,19-23H2,1-2H3,(H,33,37)/t30-/m1/s1. The first kappa shape index (κ1) is 31.2. The molecule has 0 radical (unpaired) electrons. The van der Waals surface area contributed by atoms with Crippen molar-refractivity contribution in [1.29, 1.82) is 0 Å². The molecule has 0 aromatic heterocycles. The lowest BCUT2D eigenvalue weighted by Crippen LogP contribution is -2.51. The monoisotopic (exact) mass is 593 g/mol. The number of amides is 2. The summed E-state index contributed by atoms with van der Waals surface area (Å²) in [4.78, 5) is 29.2. The second kappa shape index (κ2) is 14.9. The summed E-state index contributed by atoms with van der Waals surface area (Å²) in [7, 11) is -0.384. The van der Waals surface area contributed by atoms with Crippen molar-refractivity contribution in [2.24, 2.45) is 0 Å². The van der Waals surface area contributed by atoms with Crippen molar-refractivity contribution in [1.82, 2.24) is 14.9 Å². The van der Waals surface area contributed by atoms with Crippen molar-refractivity contribution in [3.63, 3.8) is 0 Å². The van der Waals surface area contributed by atoms with Gasteiger partial charge in [0.25, 0.3) is 0 Å². The summed E-state index contributed by atoms with van der Waals surface area (Å²) < 4.78 is 38.1. The molecule has 9 nitrogen and oxygen atoms in total. The first-order chi connectivity index (χ1) is 20.3. The van der Waals surface area contributed by atoms with E-state index in [1.54, 1.807) is 43.4 Å². The molecular formula is C32H39N3O6S. The van der Waals surface area contributed by atoms with Crippen LogP contribution in [-0.4, -0.2) is 64.6 Å². The van der Waals surface area contributed by atoms with Gasteiger partial charge in [-0.05, 0) is 60.2 Å². The van der Waals surface area contributed by atoms with Crippen LogP contribution in [0.4, 0.5) is 0 Å².